The molecule has 0 unspecified atom stereocenters. The Hall–Kier alpha value is -4.26. The Labute approximate surface area is 214 Å². The fourth-order valence-electron chi connectivity index (χ4n) is 4.03. The smallest absolute Gasteiger partial charge is 0.407 e. The average molecular weight is 527 g/mol. The zero-order valence-corrected chi connectivity index (χ0v) is 20.4. The minimum atomic E-state index is -1.07. The number of carbonyl (C=O) groups is 5. The minimum absolute atomic E-state index is 0.0689. The molecule has 12 nitrogen and oxygen atoms in total. The van der Waals surface area contributed by atoms with Crippen molar-refractivity contribution in [1.82, 2.24) is 15.5 Å². The van der Waals surface area contributed by atoms with Crippen LogP contribution in [-0.4, -0.2) is 63.1 Å². The van der Waals surface area contributed by atoms with Gasteiger partial charge in [0, 0.05) is 30.3 Å². The van der Waals surface area contributed by atoms with E-state index in [0.717, 1.165) is 16.7 Å². The van der Waals surface area contributed by atoms with Crippen LogP contribution < -0.4 is 10.6 Å². The SMILES string of the molecule is C[C@@H](C(=O)SCCNC(=O)OCc1ccc([N+](=O)[O-])cc1)[C@H]1NC(=O)[C@@H]1N1C(=O)c2ccccc2C1=O. The number of alkyl carbamates (subject to hydrolysis) is 1. The molecule has 192 valence electrons. The molecule has 0 bridgehead atoms. The fourth-order valence-corrected chi connectivity index (χ4v) is 4.84. The number of ether oxygens (including phenoxy) is 1. The average Bonchev–Trinajstić information content (AvgIpc) is 3.13. The number of amides is 4. The molecule has 4 amide bonds. The maximum Gasteiger partial charge on any atom is 0.407 e. The first-order valence-corrected chi connectivity index (χ1v) is 12.3. The van der Waals surface area contributed by atoms with E-state index in [-0.39, 0.29) is 40.8 Å². The number of thioether (sulfide) groups is 1. The summed E-state index contributed by atoms with van der Waals surface area (Å²) in [5.41, 5.74) is 0.964. The van der Waals surface area contributed by atoms with Crippen LogP contribution in [0.3, 0.4) is 0 Å². The Kier molecular flexibility index (Phi) is 7.53. The topological polar surface area (TPSA) is 165 Å². The molecule has 2 heterocycles. The van der Waals surface area contributed by atoms with E-state index in [4.69, 9.17) is 4.74 Å². The highest BCUT2D eigenvalue weighted by Gasteiger charge is 2.54. The molecule has 37 heavy (non-hydrogen) atoms. The van der Waals surface area contributed by atoms with Gasteiger partial charge in [0.1, 0.15) is 12.6 Å². The molecule has 13 heteroatoms. The number of rotatable bonds is 9. The lowest BCUT2D eigenvalue weighted by molar-refractivity contribution is -0.384. The molecule has 3 atom stereocenters. The van der Waals surface area contributed by atoms with Crippen LogP contribution in [0.5, 0.6) is 0 Å². The van der Waals surface area contributed by atoms with Crippen LogP contribution in [0.4, 0.5) is 10.5 Å². The summed E-state index contributed by atoms with van der Waals surface area (Å²) in [5.74, 6) is -2.08. The quantitative estimate of drug-likeness (QED) is 0.163. The van der Waals surface area contributed by atoms with E-state index < -0.39 is 46.7 Å². The maximum atomic E-state index is 12.7. The van der Waals surface area contributed by atoms with E-state index in [0.29, 0.717) is 5.56 Å². The molecule has 2 aromatic carbocycles. The number of nitro groups is 1. The third-order valence-corrected chi connectivity index (χ3v) is 7.13. The zero-order chi connectivity index (χ0) is 26.7. The largest absolute Gasteiger partial charge is 0.445 e. The number of non-ortho nitro benzene ring substituents is 1. The first kappa shape index (κ1) is 25.8. The number of imide groups is 1. The highest BCUT2D eigenvalue weighted by Crippen LogP contribution is 2.31. The van der Waals surface area contributed by atoms with Gasteiger partial charge in [0.25, 0.3) is 17.5 Å². The summed E-state index contributed by atoms with van der Waals surface area (Å²) >= 11 is 0.945. The Morgan fingerprint density at radius 3 is 2.30 bits per heavy atom. The van der Waals surface area contributed by atoms with Gasteiger partial charge in [-0.3, -0.25) is 34.2 Å². The van der Waals surface area contributed by atoms with Gasteiger partial charge in [0.05, 0.1) is 22.1 Å². The van der Waals surface area contributed by atoms with Crippen LogP contribution in [0, 0.1) is 16.0 Å². The second-order valence-corrected chi connectivity index (χ2v) is 9.49. The Balaban J connectivity index is 1.21. The minimum Gasteiger partial charge on any atom is -0.445 e. The van der Waals surface area contributed by atoms with Crippen molar-refractivity contribution in [1.29, 1.82) is 0 Å². The van der Waals surface area contributed by atoms with Crippen molar-refractivity contribution < 1.29 is 33.6 Å². The Morgan fingerprint density at radius 2 is 1.73 bits per heavy atom. The van der Waals surface area contributed by atoms with Gasteiger partial charge in [-0.2, -0.15) is 0 Å². The summed E-state index contributed by atoms with van der Waals surface area (Å²) in [5, 5.41) is 15.5. The molecule has 2 aromatic rings. The molecule has 0 saturated carbocycles. The van der Waals surface area contributed by atoms with Gasteiger partial charge in [0.2, 0.25) is 5.91 Å². The fraction of sp³-hybridized carbons (Fsp3) is 0.292. The molecule has 1 fully saturated rings. The Bertz CT molecular complexity index is 1250. The van der Waals surface area contributed by atoms with Gasteiger partial charge in [-0.25, -0.2) is 4.79 Å². The number of benzene rings is 2. The zero-order valence-electron chi connectivity index (χ0n) is 19.5. The molecule has 2 aliphatic heterocycles. The van der Waals surface area contributed by atoms with Crippen LogP contribution in [0.2, 0.25) is 0 Å². The van der Waals surface area contributed by atoms with Crippen molar-refractivity contribution in [3.63, 3.8) is 0 Å². The van der Waals surface area contributed by atoms with Crippen molar-refractivity contribution in [3.05, 3.63) is 75.3 Å². The highest BCUT2D eigenvalue weighted by atomic mass is 32.2. The second-order valence-electron chi connectivity index (χ2n) is 8.39. The highest BCUT2D eigenvalue weighted by molar-refractivity contribution is 8.13. The van der Waals surface area contributed by atoms with Crippen molar-refractivity contribution in [2.24, 2.45) is 5.92 Å². The monoisotopic (exact) mass is 526 g/mol. The number of hydrogen-bond donors (Lipinski definition) is 2. The predicted molar refractivity (Wildman–Crippen MR) is 131 cm³/mol. The standard InChI is InChI=1S/C24H22N4O8S/c1-13(18-19(20(29)26-18)27-21(30)16-4-2-3-5-17(16)22(27)31)23(32)37-11-10-25-24(33)36-12-14-6-8-15(9-7-14)28(34)35/h2-9,13,18-19H,10-12H2,1H3,(H,25,33)(H,26,29)/t13-,18-,19-/m1/s1. The Morgan fingerprint density at radius 1 is 1.11 bits per heavy atom. The lowest BCUT2D eigenvalue weighted by Gasteiger charge is -2.43. The molecule has 0 spiro atoms. The number of fused-ring (bicyclic) bond motifs is 1. The van der Waals surface area contributed by atoms with E-state index in [1.807, 2.05) is 0 Å². The van der Waals surface area contributed by atoms with Crippen molar-refractivity contribution in [2.75, 3.05) is 12.3 Å². The maximum absolute atomic E-state index is 12.7. The summed E-state index contributed by atoms with van der Waals surface area (Å²) in [6.07, 6.45) is -0.712. The molecular formula is C24H22N4O8S. The summed E-state index contributed by atoms with van der Waals surface area (Å²) in [6, 6.07) is 10.1. The second kappa shape index (κ2) is 10.8. The molecule has 1 saturated heterocycles. The van der Waals surface area contributed by atoms with Gasteiger partial charge in [-0.15, -0.1) is 0 Å². The first-order valence-electron chi connectivity index (χ1n) is 11.3. The molecule has 0 aliphatic carbocycles. The van der Waals surface area contributed by atoms with E-state index in [1.54, 1.807) is 19.1 Å². The van der Waals surface area contributed by atoms with Crippen LogP contribution in [0.15, 0.2) is 48.5 Å². The van der Waals surface area contributed by atoms with Gasteiger partial charge in [-0.1, -0.05) is 30.8 Å². The summed E-state index contributed by atoms with van der Waals surface area (Å²) in [6.45, 7) is 1.66. The van der Waals surface area contributed by atoms with E-state index in [1.165, 1.54) is 36.4 Å². The third kappa shape index (κ3) is 5.31. The summed E-state index contributed by atoms with van der Waals surface area (Å²) in [4.78, 5) is 73.4. The number of carbonyl (C=O) groups excluding carboxylic acids is 5. The van der Waals surface area contributed by atoms with Crippen molar-refractivity contribution in [2.45, 2.75) is 25.6 Å². The molecular weight excluding hydrogens is 504 g/mol. The molecule has 0 aromatic heterocycles. The number of nitro benzene ring substituents is 1. The third-order valence-electron chi connectivity index (χ3n) is 6.06. The van der Waals surface area contributed by atoms with Crippen LogP contribution in [0.25, 0.3) is 0 Å². The molecule has 4 rings (SSSR count). The van der Waals surface area contributed by atoms with Crippen molar-refractivity contribution in [3.8, 4) is 0 Å². The normalized spacial score (nSPS) is 18.9. The predicted octanol–water partition coefficient (Wildman–Crippen LogP) is 1.88. The first-order chi connectivity index (χ1) is 17.7. The summed E-state index contributed by atoms with van der Waals surface area (Å²) in [7, 11) is 0. The van der Waals surface area contributed by atoms with E-state index in [2.05, 4.69) is 10.6 Å². The number of hydrogen-bond acceptors (Lipinski definition) is 9. The van der Waals surface area contributed by atoms with E-state index >= 15 is 0 Å². The molecule has 0 radical (unpaired) electrons. The lowest BCUT2D eigenvalue weighted by Crippen LogP contribution is -2.72. The van der Waals surface area contributed by atoms with Crippen LogP contribution in [-0.2, 0) is 20.9 Å². The van der Waals surface area contributed by atoms with Gasteiger partial charge >= 0.3 is 6.09 Å². The summed E-state index contributed by atoms with van der Waals surface area (Å²) < 4.78 is 5.05. The number of nitrogens with one attached hydrogen (secondary N) is 2. The van der Waals surface area contributed by atoms with Gasteiger partial charge < -0.3 is 15.4 Å². The van der Waals surface area contributed by atoms with E-state index in [9.17, 15) is 34.1 Å². The van der Waals surface area contributed by atoms with Gasteiger partial charge in [0.15, 0.2) is 5.12 Å². The van der Waals surface area contributed by atoms with Gasteiger partial charge in [-0.05, 0) is 29.8 Å². The molecule has 2 aliphatic rings. The van der Waals surface area contributed by atoms with Crippen molar-refractivity contribution >= 4 is 46.4 Å². The van der Waals surface area contributed by atoms with Crippen LogP contribution >= 0.6 is 11.8 Å². The number of β-lactam (4-membered cyclic amide) rings is 1. The van der Waals surface area contributed by atoms with Crippen LogP contribution in [0.1, 0.15) is 33.2 Å². The molecule has 2 N–H and O–H groups in total. The number of nitrogens with zero attached hydrogens (tertiary/aromatic N) is 2. The lowest BCUT2D eigenvalue weighted by atomic mass is 9.87.